The van der Waals surface area contributed by atoms with Gasteiger partial charge in [-0.1, -0.05) is 0 Å². The zero-order valence-electron chi connectivity index (χ0n) is 7.62. The molecule has 6 heteroatoms. The molecule has 0 aliphatic heterocycles. The number of rotatable bonds is 3. The molecule has 0 amide bonds. The summed E-state index contributed by atoms with van der Waals surface area (Å²) in [4.78, 5) is 21.8. The van der Waals surface area contributed by atoms with Gasteiger partial charge in [0, 0.05) is 0 Å². The van der Waals surface area contributed by atoms with Crippen LogP contribution in [0.15, 0.2) is 11.5 Å². The third-order valence-electron chi connectivity index (χ3n) is 1.22. The first-order chi connectivity index (χ1) is 6.08. The Bertz CT molecular complexity index is 245. The van der Waals surface area contributed by atoms with Crippen molar-refractivity contribution in [3.63, 3.8) is 0 Å². The zero-order valence-corrected chi connectivity index (χ0v) is 7.62. The second-order valence-corrected chi connectivity index (χ2v) is 1.93. The van der Waals surface area contributed by atoms with Gasteiger partial charge in [-0.15, -0.1) is 0 Å². The highest BCUT2D eigenvalue weighted by atomic mass is 16.6. The highest BCUT2D eigenvalue weighted by Crippen LogP contribution is 2.03. The predicted octanol–water partition coefficient (Wildman–Crippen LogP) is -0.851. The molecule has 0 spiro atoms. The normalized spacial score (nSPS) is 11.3. The molecule has 0 unspecified atom stereocenters. The minimum atomic E-state index is -0.845. The molecule has 0 aromatic heterocycles. The van der Waals surface area contributed by atoms with E-state index in [1.165, 1.54) is 7.11 Å². The summed E-state index contributed by atoms with van der Waals surface area (Å²) < 4.78 is 13.2. The van der Waals surface area contributed by atoms with Crippen LogP contribution in [0, 0.1) is 0 Å². The van der Waals surface area contributed by atoms with Crippen LogP contribution in [0.3, 0.4) is 0 Å². The van der Waals surface area contributed by atoms with Gasteiger partial charge in [-0.05, 0) is 0 Å². The maximum Gasteiger partial charge on any atom is 0.375 e. The van der Waals surface area contributed by atoms with Crippen LogP contribution in [-0.2, 0) is 23.8 Å². The molecule has 74 valence electrons. The second kappa shape index (κ2) is 5.02. The number of carbonyl (C=O) groups excluding carboxylic acids is 2. The average Bonchev–Trinajstić information content (AvgIpc) is 2.17. The molecule has 0 saturated heterocycles. The summed E-state index contributed by atoms with van der Waals surface area (Å²) in [7, 11) is 3.48. The monoisotopic (exact) mass is 189 g/mol. The van der Waals surface area contributed by atoms with E-state index in [4.69, 9.17) is 5.73 Å². The number of esters is 2. The lowest BCUT2D eigenvalue weighted by Crippen LogP contribution is -2.21. The summed E-state index contributed by atoms with van der Waals surface area (Å²) in [6.45, 7) is 0. The molecule has 6 nitrogen and oxygen atoms in total. The Morgan fingerprint density at radius 1 is 0.923 bits per heavy atom. The minimum Gasteiger partial charge on any atom is -0.488 e. The van der Waals surface area contributed by atoms with Crippen molar-refractivity contribution >= 4 is 11.9 Å². The lowest BCUT2D eigenvalue weighted by atomic mass is 10.3. The second-order valence-electron chi connectivity index (χ2n) is 1.93. The topological polar surface area (TPSA) is 87.9 Å². The van der Waals surface area contributed by atoms with Crippen LogP contribution in [0.1, 0.15) is 0 Å². The molecule has 2 N–H and O–H groups in total. The summed E-state index contributed by atoms with van der Waals surface area (Å²) in [5.41, 5.74) is 4.82. The third kappa shape index (κ3) is 2.66. The van der Waals surface area contributed by atoms with E-state index in [0.29, 0.717) is 0 Å². The fourth-order valence-electron chi connectivity index (χ4n) is 0.599. The van der Waals surface area contributed by atoms with Gasteiger partial charge in [0.2, 0.25) is 5.76 Å². The molecule has 0 aromatic carbocycles. The van der Waals surface area contributed by atoms with Gasteiger partial charge in [0.25, 0.3) is 0 Å². The van der Waals surface area contributed by atoms with Crippen LogP contribution in [0.2, 0.25) is 0 Å². The Kier molecular flexibility index (Phi) is 4.36. The number of methoxy groups -OCH3 is 3. The quantitative estimate of drug-likeness (QED) is 0.353. The fraction of sp³-hybridized carbons (Fsp3) is 0.429. The minimum absolute atomic E-state index is 0.366. The van der Waals surface area contributed by atoms with Crippen molar-refractivity contribution in [1.29, 1.82) is 0 Å². The Morgan fingerprint density at radius 2 is 1.38 bits per heavy atom. The van der Waals surface area contributed by atoms with Crippen LogP contribution in [-0.4, -0.2) is 33.3 Å². The molecule has 0 aliphatic rings. The SMILES string of the molecule is COC(=O)/C(N)=C(\OC)C(=O)OC. The Labute approximate surface area is 75.2 Å². The number of hydrogen-bond donors (Lipinski definition) is 1. The van der Waals surface area contributed by atoms with E-state index in [9.17, 15) is 9.59 Å². The van der Waals surface area contributed by atoms with Crippen molar-refractivity contribution in [2.75, 3.05) is 21.3 Å². The van der Waals surface area contributed by atoms with Crippen LogP contribution in [0.5, 0.6) is 0 Å². The Hall–Kier alpha value is -1.72. The van der Waals surface area contributed by atoms with E-state index in [2.05, 4.69) is 14.2 Å². The highest BCUT2D eigenvalue weighted by Gasteiger charge is 2.20. The highest BCUT2D eigenvalue weighted by molar-refractivity contribution is 5.98. The first-order valence-corrected chi connectivity index (χ1v) is 3.28. The summed E-state index contributed by atoms with van der Waals surface area (Å²) in [5.74, 6) is -2.04. The maximum atomic E-state index is 10.9. The van der Waals surface area contributed by atoms with E-state index < -0.39 is 17.6 Å². The molecule has 0 heterocycles. The standard InChI is InChI=1S/C7H11NO5/c1-11-5(7(10)13-3)4(8)6(9)12-2/h8H2,1-3H3/b5-4+. The van der Waals surface area contributed by atoms with Crippen molar-refractivity contribution in [2.45, 2.75) is 0 Å². The molecule has 0 radical (unpaired) electrons. The third-order valence-corrected chi connectivity index (χ3v) is 1.22. The first kappa shape index (κ1) is 11.3. The van der Waals surface area contributed by atoms with Gasteiger partial charge in [0.05, 0.1) is 21.3 Å². The van der Waals surface area contributed by atoms with Crippen molar-refractivity contribution in [2.24, 2.45) is 5.73 Å². The fourth-order valence-corrected chi connectivity index (χ4v) is 0.599. The van der Waals surface area contributed by atoms with Crippen LogP contribution in [0.25, 0.3) is 0 Å². The van der Waals surface area contributed by atoms with Crippen LogP contribution < -0.4 is 5.73 Å². The molecule has 0 fully saturated rings. The lowest BCUT2D eigenvalue weighted by Gasteiger charge is -2.06. The Morgan fingerprint density at radius 3 is 1.69 bits per heavy atom. The summed E-state index contributed by atoms with van der Waals surface area (Å²) in [6, 6.07) is 0. The van der Waals surface area contributed by atoms with Gasteiger partial charge in [-0.2, -0.15) is 0 Å². The largest absolute Gasteiger partial charge is 0.488 e. The van der Waals surface area contributed by atoms with E-state index in [0.717, 1.165) is 14.2 Å². The Balaban J connectivity index is 4.89. The zero-order chi connectivity index (χ0) is 10.4. The van der Waals surface area contributed by atoms with Gasteiger partial charge in [-0.25, -0.2) is 9.59 Å². The summed E-state index contributed by atoms with van der Waals surface area (Å²) >= 11 is 0. The number of carbonyl (C=O) groups is 2. The van der Waals surface area contributed by atoms with Crippen LogP contribution in [0.4, 0.5) is 0 Å². The molecule has 0 atom stereocenters. The van der Waals surface area contributed by atoms with Crippen LogP contribution >= 0.6 is 0 Å². The molecule has 0 aliphatic carbocycles. The first-order valence-electron chi connectivity index (χ1n) is 3.28. The predicted molar refractivity (Wildman–Crippen MR) is 42.3 cm³/mol. The summed E-state index contributed by atoms with van der Waals surface area (Å²) in [6.07, 6.45) is 0. The van der Waals surface area contributed by atoms with Gasteiger partial charge >= 0.3 is 11.9 Å². The number of nitrogens with two attached hydrogens (primary N) is 1. The van der Waals surface area contributed by atoms with Crippen molar-refractivity contribution < 1.29 is 23.8 Å². The van der Waals surface area contributed by atoms with E-state index in [-0.39, 0.29) is 5.76 Å². The van der Waals surface area contributed by atoms with Gasteiger partial charge in [-0.3, -0.25) is 0 Å². The molecule has 0 saturated carbocycles. The molecular formula is C7H11NO5. The smallest absolute Gasteiger partial charge is 0.375 e. The average molecular weight is 189 g/mol. The molecule has 0 bridgehead atoms. The molecule has 13 heavy (non-hydrogen) atoms. The lowest BCUT2D eigenvalue weighted by molar-refractivity contribution is -0.142. The van der Waals surface area contributed by atoms with Crippen molar-refractivity contribution in [3.8, 4) is 0 Å². The number of ether oxygens (including phenoxy) is 3. The van der Waals surface area contributed by atoms with E-state index in [1.54, 1.807) is 0 Å². The summed E-state index contributed by atoms with van der Waals surface area (Å²) in [5, 5.41) is 0. The van der Waals surface area contributed by atoms with Gasteiger partial charge < -0.3 is 19.9 Å². The molecule has 0 rings (SSSR count). The van der Waals surface area contributed by atoms with Crippen molar-refractivity contribution in [1.82, 2.24) is 0 Å². The molecular weight excluding hydrogens is 178 g/mol. The van der Waals surface area contributed by atoms with Gasteiger partial charge in [0.15, 0.2) is 5.70 Å². The maximum absolute atomic E-state index is 10.9. The van der Waals surface area contributed by atoms with Gasteiger partial charge in [0.1, 0.15) is 0 Å². The molecule has 0 aromatic rings. The van der Waals surface area contributed by atoms with Crippen molar-refractivity contribution in [3.05, 3.63) is 11.5 Å². The number of hydrogen-bond acceptors (Lipinski definition) is 6. The van der Waals surface area contributed by atoms with E-state index in [1.807, 2.05) is 0 Å². The van der Waals surface area contributed by atoms with E-state index >= 15 is 0 Å².